The normalized spacial score (nSPS) is 11.9. The summed E-state index contributed by atoms with van der Waals surface area (Å²) in [6, 6.07) is 8.91. The summed E-state index contributed by atoms with van der Waals surface area (Å²) in [4.78, 5) is 23.0. The van der Waals surface area contributed by atoms with Crippen LogP contribution in [-0.4, -0.2) is 39.1 Å². The molecule has 0 heterocycles. The molecule has 0 radical (unpaired) electrons. The number of fused-ring (bicyclic) bond motifs is 1. The molecular formula is C16H15NO7S. The lowest BCUT2D eigenvalue weighted by molar-refractivity contribution is -0.138. The Balaban J connectivity index is 2.60. The van der Waals surface area contributed by atoms with Crippen LogP contribution in [0.2, 0.25) is 0 Å². The van der Waals surface area contributed by atoms with Crippen molar-refractivity contribution in [2.24, 2.45) is 0 Å². The first-order valence-electron chi connectivity index (χ1n) is 6.92. The Hall–Kier alpha value is -2.91. The van der Waals surface area contributed by atoms with Gasteiger partial charge in [0, 0.05) is 16.5 Å². The molecule has 0 unspecified atom stereocenters. The zero-order valence-corrected chi connectivity index (χ0v) is 14.2. The van der Waals surface area contributed by atoms with Crippen molar-refractivity contribution in [1.29, 1.82) is 0 Å². The summed E-state index contributed by atoms with van der Waals surface area (Å²) in [5, 5.41) is 3.39. The highest BCUT2D eigenvalue weighted by Crippen LogP contribution is 2.30. The second-order valence-electron chi connectivity index (χ2n) is 4.83. The Kier molecular flexibility index (Phi) is 5.40. The van der Waals surface area contributed by atoms with Gasteiger partial charge in [0.2, 0.25) is 0 Å². The zero-order chi connectivity index (χ0) is 18.6. The van der Waals surface area contributed by atoms with E-state index in [1.807, 2.05) is 0 Å². The molecule has 0 aliphatic heterocycles. The average Bonchev–Trinajstić information content (AvgIpc) is 2.59. The van der Waals surface area contributed by atoms with Gasteiger partial charge in [-0.1, -0.05) is 24.3 Å². The van der Waals surface area contributed by atoms with Gasteiger partial charge in [0.15, 0.2) is 0 Å². The van der Waals surface area contributed by atoms with E-state index >= 15 is 0 Å². The second kappa shape index (κ2) is 7.32. The summed E-state index contributed by atoms with van der Waals surface area (Å²) in [6.07, 6.45) is 0.914. The Labute approximate surface area is 143 Å². The standard InChI is InChI=1S/C16H15NO7S/c1-23-15(18)9-13(16(19)24-2)17-12-7-8-14(25(20,21)22)11-6-4-3-5-10(11)12/h3-9,17H,1-2H3,(H,20,21,22)/b13-9+. The second-order valence-corrected chi connectivity index (χ2v) is 6.22. The molecule has 9 heteroatoms. The van der Waals surface area contributed by atoms with Crippen molar-refractivity contribution in [3.63, 3.8) is 0 Å². The van der Waals surface area contributed by atoms with Crippen LogP contribution in [0, 0.1) is 0 Å². The maximum atomic E-state index is 11.8. The van der Waals surface area contributed by atoms with E-state index in [1.54, 1.807) is 18.2 Å². The highest BCUT2D eigenvalue weighted by Gasteiger charge is 2.18. The van der Waals surface area contributed by atoms with Crippen LogP contribution in [0.15, 0.2) is 53.1 Å². The Morgan fingerprint density at radius 3 is 2.24 bits per heavy atom. The van der Waals surface area contributed by atoms with Crippen LogP contribution in [0.3, 0.4) is 0 Å². The van der Waals surface area contributed by atoms with Crippen molar-refractivity contribution in [1.82, 2.24) is 0 Å². The lowest BCUT2D eigenvalue weighted by Gasteiger charge is -2.13. The maximum absolute atomic E-state index is 11.8. The fraction of sp³-hybridized carbons (Fsp3) is 0.125. The number of nitrogens with one attached hydrogen (secondary N) is 1. The van der Waals surface area contributed by atoms with E-state index in [0.717, 1.165) is 20.3 Å². The van der Waals surface area contributed by atoms with E-state index in [-0.39, 0.29) is 16.0 Å². The smallest absolute Gasteiger partial charge is 0.354 e. The monoisotopic (exact) mass is 365 g/mol. The fourth-order valence-corrected chi connectivity index (χ4v) is 2.88. The maximum Gasteiger partial charge on any atom is 0.354 e. The fourth-order valence-electron chi connectivity index (χ4n) is 2.18. The van der Waals surface area contributed by atoms with Gasteiger partial charge < -0.3 is 14.8 Å². The molecule has 2 aromatic carbocycles. The van der Waals surface area contributed by atoms with Crippen LogP contribution < -0.4 is 5.32 Å². The van der Waals surface area contributed by atoms with Gasteiger partial charge in [0.1, 0.15) is 10.6 Å². The topological polar surface area (TPSA) is 119 Å². The lowest BCUT2D eigenvalue weighted by Crippen LogP contribution is -2.15. The minimum absolute atomic E-state index is 0.195. The molecule has 0 spiro atoms. The Morgan fingerprint density at radius 1 is 1.04 bits per heavy atom. The SMILES string of the molecule is COC(=O)/C=C(/Nc1ccc(S(=O)(=O)O)c2ccccc12)C(=O)OC. The lowest BCUT2D eigenvalue weighted by atomic mass is 10.1. The molecule has 0 fully saturated rings. The summed E-state index contributed by atoms with van der Waals surface area (Å²) < 4.78 is 41.5. The first-order chi connectivity index (χ1) is 11.8. The molecule has 0 atom stereocenters. The minimum Gasteiger partial charge on any atom is -0.466 e. The van der Waals surface area contributed by atoms with Crippen molar-refractivity contribution in [2.45, 2.75) is 4.90 Å². The Bertz CT molecular complexity index is 964. The highest BCUT2D eigenvalue weighted by atomic mass is 32.2. The first-order valence-corrected chi connectivity index (χ1v) is 8.36. The third-order valence-corrected chi connectivity index (χ3v) is 4.21. The number of rotatable bonds is 5. The van der Waals surface area contributed by atoms with E-state index in [0.29, 0.717) is 11.1 Å². The molecule has 25 heavy (non-hydrogen) atoms. The number of anilines is 1. The van der Waals surface area contributed by atoms with Crippen LogP contribution in [0.25, 0.3) is 10.8 Å². The summed E-state index contributed by atoms with van der Waals surface area (Å²) in [7, 11) is -2.12. The third kappa shape index (κ3) is 4.14. The largest absolute Gasteiger partial charge is 0.466 e. The number of hydrogen-bond donors (Lipinski definition) is 2. The molecule has 2 aromatic rings. The molecule has 0 bridgehead atoms. The quantitative estimate of drug-likeness (QED) is 0.467. The van der Waals surface area contributed by atoms with Gasteiger partial charge in [-0.3, -0.25) is 4.55 Å². The number of ether oxygens (including phenoxy) is 2. The molecule has 0 aromatic heterocycles. The Morgan fingerprint density at radius 2 is 1.68 bits per heavy atom. The van der Waals surface area contributed by atoms with Crippen molar-refractivity contribution < 1.29 is 32.0 Å². The van der Waals surface area contributed by atoms with Gasteiger partial charge in [0.05, 0.1) is 20.3 Å². The van der Waals surface area contributed by atoms with Gasteiger partial charge in [-0.15, -0.1) is 0 Å². The molecule has 132 valence electrons. The van der Waals surface area contributed by atoms with E-state index in [1.165, 1.54) is 18.2 Å². The summed E-state index contributed by atoms with van der Waals surface area (Å²) in [6.45, 7) is 0. The summed E-state index contributed by atoms with van der Waals surface area (Å²) in [5.41, 5.74) is 0.141. The van der Waals surface area contributed by atoms with Gasteiger partial charge in [-0.05, 0) is 12.1 Å². The van der Waals surface area contributed by atoms with Gasteiger partial charge >= 0.3 is 11.9 Å². The van der Waals surface area contributed by atoms with Crippen molar-refractivity contribution in [3.05, 3.63) is 48.2 Å². The van der Waals surface area contributed by atoms with Crippen molar-refractivity contribution >= 4 is 38.5 Å². The van der Waals surface area contributed by atoms with Gasteiger partial charge in [-0.25, -0.2) is 9.59 Å². The number of carbonyl (C=O) groups is 2. The predicted molar refractivity (Wildman–Crippen MR) is 89.5 cm³/mol. The molecule has 2 rings (SSSR count). The van der Waals surface area contributed by atoms with E-state index in [2.05, 4.69) is 14.8 Å². The minimum atomic E-state index is -4.43. The molecule has 0 saturated carbocycles. The van der Waals surface area contributed by atoms with Crippen molar-refractivity contribution in [3.8, 4) is 0 Å². The summed E-state index contributed by atoms with van der Waals surface area (Å²) >= 11 is 0. The van der Waals surface area contributed by atoms with Crippen LogP contribution in [0.1, 0.15) is 0 Å². The number of hydrogen-bond acceptors (Lipinski definition) is 7. The highest BCUT2D eigenvalue weighted by molar-refractivity contribution is 7.86. The predicted octanol–water partition coefficient (Wildman–Crippen LogP) is 1.73. The number of carbonyl (C=O) groups excluding carboxylic acids is 2. The molecule has 2 N–H and O–H groups in total. The van der Waals surface area contributed by atoms with Crippen LogP contribution >= 0.6 is 0 Å². The zero-order valence-electron chi connectivity index (χ0n) is 13.3. The molecule has 8 nitrogen and oxygen atoms in total. The molecular weight excluding hydrogens is 350 g/mol. The number of methoxy groups -OCH3 is 2. The molecule has 0 saturated heterocycles. The van der Waals surface area contributed by atoms with Crippen LogP contribution in [0.5, 0.6) is 0 Å². The molecule has 0 amide bonds. The van der Waals surface area contributed by atoms with Crippen molar-refractivity contribution in [2.75, 3.05) is 19.5 Å². The first kappa shape index (κ1) is 18.4. The summed E-state index contributed by atoms with van der Waals surface area (Å²) in [5.74, 6) is -1.58. The van der Waals surface area contributed by atoms with E-state index < -0.39 is 22.1 Å². The van der Waals surface area contributed by atoms with E-state index in [4.69, 9.17) is 0 Å². The van der Waals surface area contributed by atoms with E-state index in [9.17, 15) is 22.6 Å². The van der Waals surface area contributed by atoms with Gasteiger partial charge in [0.25, 0.3) is 10.1 Å². The number of esters is 2. The van der Waals surface area contributed by atoms with Gasteiger partial charge in [-0.2, -0.15) is 8.42 Å². The van der Waals surface area contributed by atoms with Crippen LogP contribution in [-0.2, 0) is 29.2 Å². The average molecular weight is 365 g/mol. The molecule has 0 aliphatic rings. The molecule has 0 aliphatic carbocycles. The van der Waals surface area contributed by atoms with Crippen LogP contribution in [0.4, 0.5) is 5.69 Å². The third-order valence-electron chi connectivity index (χ3n) is 3.30. The number of benzene rings is 2.